The number of nitrogens with zero attached hydrogens (tertiary/aromatic N) is 4. The number of carbonyl (C=O) groups excluding carboxylic acids is 2. The lowest BCUT2D eigenvalue weighted by molar-refractivity contribution is -0.157. The van der Waals surface area contributed by atoms with Crippen LogP contribution in [0.15, 0.2) is 40.3 Å². The van der Waals surface area contributed by atoms with Gasteiger partial charge in [0.15, 0.2) is 17.6 Å². The van der Waals surface area contributed by atoms with Crippen LogP contribution in [-0.4, -0.2) is 48.9 Å². The third-order valence-electron chi connectivity index (χ3n) is 7.58. The van der Waals surface area contributed by atoms with E-state index in [1.807, 2.05) is 0 Å². The SMILES string of the molecule is O=C(N[C@H](C(=O)Nc1cn([C@@H](c2ccc[nH]c2=O)C(F)(F)F)cn1)C(C1CC1)C1CC1)c1nonc1C1CC1. The van der Waals surface area contributed by atoms with Gasteiger partial charge in [0.1, 0.15) is 11.7 Å². The second-order valence-corrected chi connectivity index (χ2v) is 10.6. The number of aromatic amines is 1. The Bertz CT molecular complexity index is 1420. The minimum atomic E-state index is -4.80. The molecule has 6 rings (SSSR count). The minimum Gasteiger partial charge on any atom is -0.338 e. The van der Waals surface area contributed by atoms with Crippen LogP contribution in [-0.2, 0) is 4.79 Å². The van der Waals surface area contributed by atoms with Crippen molar-refractivity contribution >= 4 is 17.6 Å². The van der Waals surface area contributed by atoms with E-state index in [2.05, 4.69) is 30.9 Å². The Morgan fingerprint density at radius 2 is 1.82 bits per heavy atom. The molecule has 206 valence electrons. The Morgan fingerprint density at radius 3 is 2.44 bits per heavy atom. The molecule has 0 aromatic carbocycles. The Kier molecular flexibility index (Phi) is 6.26. The smallest absolute Gasteiger partial charge is 0.338 e. The van der Waals surface area contributed by atoms with E-state index in [0.29, 0.717) is 5.69 Å². The summed E-state index contributed by atoms with van der Waals surface area (Å²) in [5.74, 6) is -0.764. The molecule has 3 aromatic rings. The third kappa shape index (κ3) is 5.32. The van der Waals surface area contributed by atoms with E-state index in [1.54, 1.807) is 0 Å². The molecular weight excluding hydrogens is 519 g/mol. The van der Waals surface area contributed by atoms with Gasteiger partial charge in [-0.05, 0) is 73.6 Å². The molecule has 3 heterocycles. The highest BCUT2D eigenvalue weighted by Crippen LogP contribution is 2.51. The number of nitrogens with one attached hydrogen (secondary N) is 3. The number of rotatable bonds is 10. The standard InChI is InChI=1S/C25H26F3N7O4/c26-25(27,28)21(15-2-1-9-29-22(15)36)35-10-16(30-11-35)31-23(37)19(17(12-3-4-12)13-5-6-13)32-24(38)20-18(14-7-8-14)33-39-34-20/h1-2,9-14,17,19,21H,3-8H2,(H,29,36)(H,31,37)(H,32,38)/t19-,21-/m0/s1. The Balaban J connectivity index is 1.25. The van der Waals surface area contributed by atoms with Gasteiger partial charge in [0.2, 0.25) is 5.91 Å². The maximum Gasteiger partial charge on any atom is 0.413 e. The molecule has 3 aliphatic rings. The topological polar surface area (TPSA) is 148 Å². The fourth-order valence-electron chi connectivity index (χ4n) is 5.32. The van der Waals surface area contributed by atoms with Crippen LogP contribution in [0.25, 0.3) is 0 Å². The first kappa shape index (κ1) is 25.3. The molecule has 39 heavy (non-hydrogen) atoms. The number of pyridine rings is 1. The molecule has 2 amide bonds. The van der Waals surface area contributed by atoms with Gasteiger partial charge in [-0.1, -0.05) is 5.16 Å². The number of imidazole rings is 1. The van der Waals surface area contributed by atoms with E-state index in [1.165, 1.54) is 12.3 Å². The summed E-state index contributed by atoms with van der Waals surface area (Å²) >= 11 is 0. The summed E-state index contributed by atoms with van der Waals surface area (Å²) in [6.45, 7) is 0. The molecule has 3 aliphatic carbocycles. The second-order valence-electron chi connectivity index (χ2n) is 10.6. The lowest BCUT2D eigenvalue weighted by atomic mass is 9.88. The van der Waals surface area contributed by atoms with Crippen molar-refractivity contribution in [2.24, 2.45) is 17.8 Å². The van der Waals surface area contributed by atoms with Crippen LogP contribution in [0.3, 0.4) is 0 Å². The quantitative estimate of drug-likeness (QED) is 0.355. The molecule has 11 nitrogen and oxygen atoms in total. The first-order chi connectivity index (χ1) is 18.7. The van der Waals surface area contributed by atoms with Crippen LogP contribution in [0.1, 0.15) is 72.2 Å². The lowest BCUT2D eigenvalue weighted by Gasteiger charge is -2.27. The van der Waals surface area contributed by atoms with Gasteiger partial charge < -0.3 is 20.2 Å². The molecule has 0 aliphatic heterocycles. The molecule has 0 bridgehead atoms. The Labute approximate surface area is 219 Å². The maximum atomic E-state index is 14.0. The van der Waals surface area contributed by atoms with E-state index in [-0.39, 0.29) is 35.2 Å². The number of H-pyrrole nitrogens is 1. The summed E-state index contributed by atoms with van der Waals surface area (Å²) < 4.78 is 47.5. The first-order valence-electron chi connectivity index (χ1n) is 12.9. The second kappa shape index (κ2) is 9.65. The molecule has 0 unspecified atom stereocenters. The Hall–Kier alpha value is -3.97. The van der Waals surface area contributed by atoms with Crippen molar-refractivity contribution in [1.82, 2.24) is 30.2 Å². The molecule has 3 N–H and O–H groups in total. The third-order valence-corrected chi connectivity index (χ3v) is 7.58. The molecule has 3 fully saturated rings. The van der Waals surface area contributed by atoms with Crippen LogP contribution in [0.5, 0.6) is 0 Å². The van der Waals surface area contributed by atoms with Crippen molar-refractivity contribution in [3.63, 3.8) is 0 Å². The molecule has 3 saturated carbocycles. The molecule has 2 atom stereocenters. The van der Waals surface area contributed by atoms with Crippen molar-refractivity contribution in [3.05, 3.63) is 58.2 Å². The van der Waals surface area contributed by atoms with E-state index in [4.69, 9.17) is 4.63 Å². The summed E-state index contributed by atoms with van der Waals surface area (Å²) in [6.07, 6.45) is 3.88. The fraction of sp³-hybridized carbons (Fsp3) is 0.520. The van der Waals surface area contributed by atoms with Gasteiger partial charge in [0, 0.05) is 23.9 Å². The highest BCUT2D eigenvalue weighted by Gasteiger charge is 2.49. The average molecular weight is 546 g/mol. The summed E-state index contributed by atoms with van der Waals surface area (Å²) in [5, 5.41) is 13.0. The van der Waals surface area contributed by atoms with Crippen molar-refractivity contribution < 1.29 is 27.4 Å². The number of hydrogen-bond acceptors (Lipinski definition) is 7. The Morgan fingerprint density at radius 1 is 1.10 bits per heavy atom. The molecule has 0 radical (unpaired) electrons. The van der Waals surface area contributed by atoms with E-state index >= 15 is 0 Å². The summed E-state index contributed by atoms with van der Waals surface area (Å²) in [4.78, 5) is 45.0. The van der Waals surface area contributed by atoms with Gasteiger partial charge in [0.25, 0.3) is 11.5 Å². The van der Waals surface area contributed by atoms with Crippen molar-refractivity contribution in [2.75, 3.05) is 5.32 Å². The zero-order valence-corrected chi connectivity index (χ0v) is 20.6. The van der Waals surface area contributed by atoms with Gasteiger partial charge in [-0.15, -0.1) is 0 Å². The molecular formula is C25H26F3N7O4. The highest BCUT2D eigenvalue weighted by atomic mass is 19.4. The predicted molar refractivity (Wildman–Crippen MR) is 129 cm³/mol. The van der Waals surface area contributed by atoms with Crippen LogP contribution in [0.2, 0.25) is 0 Å². The molecule has 0 saturated heterocycles. The largest absolute Gasteiger partial charge is 0.413 e. The minimum absolute atomic E-state index is 0.0472. The highest BCUT2D eigenvalue weighted by molar-refractivity contribution is 6.00. The van der Waals surface area contributed by atoms with Gasteiger partial charge in [-0.25, -0.2) is 9.61 Å². The molecule has 0 spiro atoms. The fourth-order valence-corrected chi connectivity index (χ4v) is 5.32. The van der Waals surface area contributed by atoms with Gasteiger partial charge in [-0.2, -0.15) is 13.2 Å². The average Bonchev–Trinajstić information content (AvgIpc) is 3.80. The van der Waals surface area contributed by atoms with Crippen LogP contribution >= 0.6 is 0 Å². The lowest BCUT2D eigenvalue weighted by Crippen LogP contribution is -2.50. The number of alkyl halides is 3. The normalized spacial score (nSPS) is 19.1. The van der Waals surface area contributed by atoms with Gasteiger partial charge in [0.05, 0.1) is 6.33 Å². The van der Waals surface area contributed by atoms with Crippen LogP contribution < -0.4 is 16.2 Å². The van der Waals surface area contributed by atoms with Crippen LogP contribution in [0.4, 0.5) is 19.0 Å². The van der Waals surface area contributed by atoms with Crippen molar-refractivity contribution in [1.29, 1.82) is 0 Å². The van der Waals surface area contributed by atoms with Gasteiger partial charge >= 0.3 is 6.18 Å². The molecule has 3 aromatic heterocycles. The number of amides is 2. The zero-order chi connectivity index (χ0) is 27.3. The van der Waals surface area contributed by atoms with E-state index < -0.39 is 41.2 Å². The van der Waals surface area contributed by atoms with Gasteiger partial charge in [-0.3, -0.25) is 14.4 Å². The van der Waals surface area contributed by atoms with Crippen molar-refractivity contribution in [2.45, 2.75) is 62.7 Å². The van der Waals surface area contributed by atoms with Crippen LogP contribution in [0, 0.1) is 17.8 Å². The maximum absolute atomic E-state index is 14.0. The number of hydrogen-bond donors (Lipinski definition) is 3. The summed E-state index contributed by atoms with van der Waals surface area (Å²) in [5.41, 5.74) is -0.882. The van der Waals surface area contributed by atoms with E-state index in [9.17, 15) is 27.6 Å². The first-order valence-corrected chi connectivity index (χ1v) is 12.9. The monoisotopic (exact) mass is 545 g/mol. The number of carbonyl (C=O) groups is 2. The summed E-state index contributed by atoms with van der Waals surface area (Å²) in [6, 6.07) is -0.855. The number of anilines is 1. The predicted octanol–water partition coefficient (Wildman–Crippen LogP) is 3.16. The summed E-state index contributed by atoms with van der Waals surface area (Å²) in [7, 11) is 0. The number of halogens is 3. The zero-order valence-electron chi connectivity index (χ0n) is 20.6. The van der Waals surface area contributed by atoms with E-state index in [0.717, 1.165) is 61.7 Å². The number of aromatic nitrogens is 5. The van der Waals surface area contributed by atoms with Crippen molar-refractivity contribution in [3.8, 4) is 0 Å². The molecule has 14 heteroatoms.